The molecule has 4 heteroatoms. The lowest BCUT2D eigenvalue weighted by molar-refractivity contribution is 0.202. The van der Waals surface area contributed by atoms with Gasteiger partial charge in [0.1, 0.15) is 5.82 Å². The molecule has 2 N–H and O–H groups in total. The Morgan fingerprint density at radius 1 is 1.33 bits per heavy atom. The van der Waals surface area contributed by atoms with Crippen LogP contribution in [0.15, 0.2) is 30.5 Å². The predicted octanol–water partition coefficient (Wildman–Crippen LogP) is 2.52. The Bertz CT molecular complexity index is 493. The molecule has 18 heavy (non-hydrogen) atoms. The third kappa shape index (κ3) is 3.34. The maximum atomic E-state index is 5.12. The van der Waals surface area contributed by atoms with Crippen LogP contribution >= 0.6 is 0 Å². The highest BCUT2D eigenvalue weighted by molar-refractivity contribution is 5.51. The number of rotatable bonds is 6. The van der Waals surface area contributed by atoms with E-state index >= 15 is 0 Å². The molecule has 2 rings (SSSR count). The van der Waals surface area contributed by atoms with E-state index in [0.717, 1.165) is 36.8 Å². The number of methoxy groups -OCH3 is 1. The molecule has 0 saturated heterocycles. The van der Waals surface area contributed by atoms with Gasteiger partial charge in [0, 0.05) is 12.8 Å². The fourth-order valence-corrected chi connectivity index (χ4v) is 1.87. The van der Waals surface area contributed by atoms with E-state index in [1.54, 1.807) is 7.11 Å². The molecule has 96 valence electrons. The van der Waals surface area contributed by atoms with Crippen molar-refractivity contribution >= 4 is 5.69 Å². The summed E-state index contributed by atoms with van der Waals surface area (Å²) >= 11 is 0. The Kier molecular flexibility index (Phi) is 4.36. The topological polar surface area (TPSA) is 49.9 Å². The SMILES string of the molecule is COCCc1ccccc1NCc1cnc(C)[nH]1. The van der Waals surface area contributed by atoms with Crippen LogP contribution in [0, 0.1) is 6.92 Å². The van der Waals surface area contributed by atoms with E-state index in [1.165, 1.54) is 5.56 Å². The highest BCUT2D eigenvalue weighted by Crippen LogP contribution is 2.16. The fraction of sp³-hybridized carbons (Fsp3) is 0.357. The van der Waals surface area contributed by atoms with Crippen molar-refractivity contribution in [2.24, 2.45) is 0 Å². The first kappa shape index (κ1) is 12.6. The van der Waals surface area contributed by atoms with Gasteiger partial charge in [-0.15, -0.1) is 0 Å². The molecular formula is C14H19N3O. The molecule has 0 aliphatic heterocycles. The second-order valence-corrected chi connectivity index (χ2v) is 4.25. The lowest BCUT2D eigenvalue weighted by Gasteiger charge is -2.10. The van der Waals surface area contributed by atoms with Gasteiger partial charge in [-0.25, -0.2) is 4.98 Å². The molecule has 0 saturated carbocycles. The Balaban J connectivity index is 1.99. The molecular weight excluding hydrogens is 226 g/mol. The molecule has 0 bridgehead atoms. The predicted molar refractivity (Wildman–Crippen MR) is 72.7 cm³/mol. The quantitative estimate of drug-likeness (QED) is 0.822. The number of H-pyrrole nitrogens is 1. The lowest BCUT2D eigenvalue weighted by Crippen LogP contribution is -2.04. The molecule has 1 aromatic carbocycles. The van der Waals surface area contributed by atoms with Crippen molar-refractivity contribution in [1.29, 1.82) is 0 Å². The number of ether oxygens (including phenoxy) is 1. The van der Waals surface area contributed by atoms with Crippen molar-refractivity contribution in [1.82, 2.24) is 9.97 Å². The number of hydrogen-bond donors (Lipinski definition) is 2. The van der Waals surface area contributed by atoms with Crippen LogP contribution in [0.3, 0.4) is 0 Å². The van der Waals surface area contributed by atoms with Crippen LogP contribution in [0.4, 0.5) is 5.69 Å². The summed E-state index contributed by atoms with van der Waals surface area (Å²) in [4.78, 5) is 7.40. The number of anilines is 1. The molecule has 0 fully saturated rings. The molecule has 0 spiro atoms. The Morgan fingerprint density at radius 3 is 2.89 bits per heavy atom. The number of benzene rings is 1. The monoisotopic (exact) mass is 245 g/mol. The third-order valence-electron chi connectivity index (χ3n) is 2.82. The smallest absolute Gasteiger partial charge is 0.103 e. The Hall–Kier alpha value is -1.81. The van der Waals surface area contributed by atoms with Gasteiger partial charge in [-0.3, -0.25) is 0 Å². The molecule has 0 unspecified atom stereocenters. The summed E-state index contributed by atoms with van der Waals surface area (Å²) in [5, 5.41) is 3.42. The summed E-state index contributed by atoms with van der Waals surface area (Å²) in [6, 6.07) is 8.31. The van der Waals surface area contributed by atoms with Gasteiger partial charge >= 0.3 is 0 Å². The van der Waals surface area contributed by atoms with Gasteiger partial charge in [-0.05, 0) is 25.0 Å². The minimum absolute atomic E-state index is 0.738. The molecule has 1 aromatic heterocycles. The van der Waals surface area contributed by atoms with Crippen molar-refractivity contribution in [2.45, 2.75) is 19.9 Å². The zero-order chi connectivity index (χ0) is 12.8. The largest absolute Gasteiger partial charge is 0.384 e. The van der Waals surface area contributed by atoms with E-state index in [2.05, 4.69) is 33.5 Å². The number of imidazole rings is 1. The number of aromatic amines is 1. The normalized spacial score (nSPS) is 10.6. The number of hydrogen-bond acceptors (Lipinski definition) is 3. The van der Waals surface area contributed by atoms with Crippen LogP contribution in [0.25, 0.3) is 0 Å². The van der Waals surface area contributed by atoms with Crippen LogP contribution in [0.5, 0.6) is 0 Å². The first-order valence-electron chi connectivity index (χ1n) is 6.11. The second-order valence-electron chi connectivity index (χ2n) is 4.25. The summed E-state index contributed by atoms with van der Waals surface area (Å²) in [6.45, 7) is 3.45. The van der Waals surface area contributed by atoms with Crippen LogP contribution < -0.4 is 5.32 Å². The van der Waals surface area contributed by atoms with Gasteiger partial charge in [0.25, 0.3) is 0 Å². The van der Waals surface area contributed by atoms with E-state index in [1.807, 2.05) is 19.2 Å². The number of aromatic nitrogens is 2. The summed E-state index contributed by atoms with van der Waals surface area (Å²) in [6.07, 6.45) is 2.78. The highest BCUT2D eigenvalue weighted by Gasteiger charge is 2.02. The number of nitrogens with one attached hydrogen (secondary N) is 2. The maximum absolute atomic E-state index is 5.12. The van der Waals surface area contributed by atoms with E-state index in [4.69, 9.17) is 4.74 Å². The van der Waals surface area contributed by atoms with Crippen molar-refractivity contribution in [3.05, 3.63) is 47.5 Å². The van der Waals surface area contributed by atoms with Gasteiger partial charge < -0.3 is 15.0 Å². The standard InChI is InChI=1S/C14H19N3O/c1-11-15-9-13(17-11)10-16-14-6-4-3-5-12(14)7-8-18-2/h3-6,9,16H,7-8,10H2,1-2H3,(H,15,17). The minimum atomic E-state index is 0.738. The molecule has 4 nitrogen and oxygen atoms in total. The second kappa shape index (κ2) is 6.21. The fourth-order valence-electron chi connectivity index (χ4n) is 1.87. The summed E-state index contributed by atoms with van der Waals surface area (Å²) in [5.41, 5.74) is 3.52. The van der Waals surface area contributed by atoms with Crippen molar-refractivity contribution < 1.29 is 4.74 Å². The first-order valence-corrected chi connectivity index (χ1v) is 6.11. The maximum Gasteiger partial charge on any atom is 0.103 e. The van der Waals surface area contributed by atoms with E-state index in [-0.39, 0.29) is 0 Å². The highest BCUT2D eigenvalue weighted by atomic mass is 16.5. The molecule has 0 radical (unpaired) electrons. The number of nitrogens with zero attached hydrogens (tertiary/aromatic N) is 1. The van der Waals surface area contributed by atoms with Crippen molar-refractivity contribution in [3.8, 4) is 0 Å². The lowest BCUT2D eigenvalue weighted by atomic mass is 10.1. The number of aryl methyl sites for hydroxylation is 1. The molecule has 1 heterocycles. The van der Waals surface area contributed by atoms with E-state index in [9.17, 15) is 0 Å². The van der Waals surface area contributed by atoms with Gasteiger partial charge in [-0.2, -0.15) is 0 Å². The van der Waals surface area contributed by atoms with Gasteiger partial charge in [-0.1, -0.05) is 18.2 Å². The zero-order valence-electron chi connectivity index (χ0n) is 10.9. The van der Waals surface area contributed by atoms with Crippen LogP contribution in [-0.4, -0.2) is 23.7 Å². The molecule has 0 amide bonds. The van der Waals surface area contributed by atoms with Crippen molar-refractivity contribution in [3.63, 3.8) is 0 Å². The van der Waals surface area contributed by atoms with Gasteiger partial charge in [0.2, 0.25) is 0 Å². The number of para-hydroxylation sites is 1. The van der Waals surface area contributed by atoms with Crippen LogP contribution in [0.1, 0.15) is 17.1 Å². The first-order chi connectivity index (χ1) is 8.79. The van der Waals surface area contributed by atoms with Crippen molar-refractivity contribution in [2.75, 3.05) is 19.0 Å². The molecule has 0 aliphatic carbocycles. The Labute approximate surface area is 107 Å². The van der Waals surface area contributed by atoms with Crippen LogP contribution in [-0.2, 0) is 17.7 Å². The van der Waals surface area contributed by atoms with E-state index in [0.29, 0.717) is 0 Å². The molecule has 0 atom stereocenters. The summed E-state index contributed by atoms with van der Waals surface area (Å²) in [7, 11) is 1.73. The minimum Gasteiger partial charge on any atom is -0.384 e. The third-order valence-corrected chi connectivity index (χ3v) is 2.82. The zero-order valence-corrected chi connectivity index (χ0v) is 10.9. The van der Waals surface area contributed by atoms with Gasteiger partial charge in [0.15, 0.2) is 0 Å². The summed E-state index contributed by atoms with van der Waals surface area (Å²) in [5.74, 6) is 0.944. The average Bonchev–Trinajstić information content (AvgIpc) is 2.81. The van der Waals surface area contributed by atoms with Crippen LogP contribution in [0.2, 0.25) is 0 Å². The Morgan fingerprint density at radius 2 is 2.17 bits per heavy atom. The van der Waals surface area contributed by atoms with Gasteiger partial charge in [0.05, 0.1) is 25.0 Å². The van der Waals surface area contributed by atoms with E-state index < -0.39 is 0 Å². The molecule has 2 aromatic rings. The summed E-state index contributed by atoms with van der Waals surface area (Å²) < 4.78 is 5.12. The molecule has 0 aliphatic rings. The average molecular weight is 245 g/mol.